The molecule has 1 N–H and O–H groups in total. The Morgan fingerprint density at radius 1 is 1.25 bits per heavy atom. The molecule has 2 heteroatoms. The molecule has 0 bridgehead atoms. The molecular formula is C18H30N2. The van der Waals surface area contributed by atoms with Crippen molar-refractivity contribution in [1.82, 2.24) is 10.2 Å². The van der Waals surface area contributed by atoms with Gasteiger partial charge < -0.3 is 10.2 Å². The van der Waals surface area contributed by atoms with Gasteiger partial charge in [0.05, 0.1) is 0 Å². The number of piperidine rings is 1. The first-order chi connectivity index (χ1) is 9.66. The molecule has 0 radical (unpaired) electrons. The van der Waals surface area contributed by atoms with Gasteiger partial charge in [-0.2, -0.15) is 0 Å². The molecule has 0 spiro atoms. The summed E-state index contributed by atoms with van der Waals surface area (Å²) in [6.45, 7) is 11.4. The molecule has 1 aromatic carbocycles. The van der Waals surface area contributed by atoms with Gasteiger partial charge in [-0.1, -0.05) is 30.2 Å². The van der Waals surface area contributed by atoms with Gasteiger partial charge in [0.2, 0.25) is 0 Å². The van der Waals surface area contributed by atoms with Crippen LogP contribution in [0.3, 0.4) is 0 Å². The third-order valence-electron chi connectivity index (χ3n) is 4.55. The summed E-state index contributed by atoms with van der Waals surface area (Å²) in [5, 5.41) is 3.59. The second-order valence-corrected chi connectivity index (χ2v) is 6.34. The normalized spacial score (nSPS) is 20.2. The summed E-state index contributed by atoms with van der Waals surface area (Å²) in [5.74, 6) is 0. The first-order valence-electron chi connectivity index (χ1n) is 8.17. The minimum atomic E-state index is 0.795. The van der Waals surface area contributed by atoms with Crippen LogP contribution in [0.15, 0.2) is 18.2 Å². The molecule has 2 rings (SSSR count). The van der Waals surface area contributed by atoms with Crippen molar-refractivity contribution in [2.24, 2.45) is 0 Å². The van der Waals surface area contributed by atoms with Crippen molar-refractivity contribution >= 4 is 0 Å². The highest BCUT2D eigenvalue weighted by molar-refractivity contribution is 5.30. The molecule has 0 amide bonds. The molecule has 0 aromatic heterocycles. The van der Waals surface area contributed by atoms with Crippen LogP contribution < -0.4 is 5.32 Å². The van der Waals surface area contributed by atoms with E-state index in [9.17, 15) is 0 Å². The molecule has 1 fully saturated rings. The van der Waals surface area contributed by atoms with Crippen LogP contribution in [-0.2, 0) is 6.54 Å². The monoisotopic (exact) mass is 274 g/mol. The lowest BCUT2D eigenvalue weighted by molar-refractivity contribution is 0.159. The van der Waals surface area contributed by atoms with Crippen LogP contribution in [-0.4, -0.2) is 30.6 Å². The van der Waals surface area contributed by atoms with E-state index < -0.39 is 0 Å². The molecule has 0 saturated carbocycles. The predicted octanol–water partition coefficient (Wildman–Crippen LogP) is 3.66. The highest BCUT2D eigenvalue weighted by Crippen LogP contribution is 2.16. The molecule has 1 aromatic rings. The topological polar surface area (TPSA) is 15.3 Å². The molecular weight excluding hydrogens is 244 g/mol. The summed E-state index contributed by atoms with van der Waals surface area (Å²) >= 11 is 0. The quantitative estimate of drug-likeness (QED) is 0.796. The van der Waals surface area contributed by atoms with Gasteiger partial charge in [-0.05, 0) is 70.8 Å². The van der Waals surface area contributed by atoms with Crippen molar-refractivity contribution in [2.45, 2.75) is 59.0 Å². The molecule has 112 valence electrons. The maximum absolute atomic E-state index is 3.59. The Morgan fingerprint density at radius 3 is 2.85 bits per heavy atom. The van der Waals surface area contributed by atoms with Gasteiger partial charge in [-0.25, -0.2) is 0 Å². The lowest BCUT2D eigenvalue weighted by Crippen LogP contribution is -2.38. The number of likely N-dealkylation sites (tertiary alicyclic amines) is 1. The van der Waals surface area contributed by atoms with Gasteiger partial charge in [0.25, 0.3) is 0 Å². The highest BCUT2D eigenvalue weighted by atomic mass is 15.2. The van der Waals surface area contributed by atoms with Crippen LogP contribution in [0.5, 0.6) is 0 Å². The maximum atomic E-state index is 3.59. The number of nitrogens with one attached hydrogen (secondary N) is 1. The highest BCUT2D eigenvalue weighted by Gasteiger charge is 2.16. The van der Waals surface area contributed by atoms with E-state index in [4.69, 9.17) is 0 Å². The van der Waals surface area contributed by atoms with E-state index >= 15 is 0 Å². The zero-order valence-electron chi connectivity index (χ0n) is 13.4. The molecule has 20 heavy (non-hydrogen) atoms. The van der Waals surface area contributed by atoms with Crippen LogP contribution in [0.4, 0.5) is 0 Å². The van der Waals surface area contributed by atoms with Gasteiger partial charge in [-0.15, -0.1) is 0 Å². The number of aryl methyl sites for hydroxylation is 2. The molecule has 1 unspecified atom stereocenters. The summed E-state index contributed by atoms with van der Waals surface area (Å²) in [7, 11) is 0. The zero-order chi connectivity index (χ0) is 14.4. The molecule has 1 atom stereocenters. The number of benzene rings is 1. The van der Waals surface area contributed by atoms with Crippen LogP contribution in [0.1, 0.15) is 49.3 Å². The number of hydrogen-bond acceptors (Lipinski definition) is 2. The lowest BCUT2D eigenvalue weighted by Gasteiger charge is -2.33. The Hall–Kier alpha value is -0.860. The van der Waals surface area contributed by atoms with E-state index in [0.717, 1.165) is 19.1 Å². The van der Waals surface area contributed by atoms with E-state index in [-0.39, 0.29) is 0 Å². The summed E-state index contributed by atoms with van der Waals surface area (Å²) in [5.41, 5.74) is 4.19. The first kappa shape index (κ1) is 15.5. The van der Waals surface area contributed by atoms with Crippen molar-refractivity contribution in [3.63, 3.8) is 0 Å². The smallest absolute Gasteiger partial charge is 0.0208 e. The average Bonchev–Trinajstić information content (AvgIpc) is 2.42. The van der Waals surface area contributed by atoms with Crippen molar-refractivity contribution in [2.75, 3.05) is 19.6 Å². The fraction of sp³-hybridized carbons (Fsp3) is 0.667. The number of nitrogens with zero attached hydrogens (tertiary/aromatic N) is 1. The van der Waals surface area contributed by atoms with Crippen molar-refractivity contribution in [3.8, 4) is 0 Å². The lowest BCUT2D eigenvalue weighted by atomic mass is 10.0. The first-order valence-corrected chi connectivity index (χ1v) is 8.17. The second kappa shape index (κ2) is 7.80. The SMILES string of the molecule is Cc1ccc(CNCCCN2CCCCC2C)c(C)c1. The average molecular weight is 274 g/mol. The maximum Gasteiger partial charge on any atom is 0.0208 e. The standard InChI is InChI=1S/C18H30N2/c1-15-8-9-18(16(2)13-15)14-19-10-6-12-20-11-5-4-7-17(20)3/h8-9,13,17,19H,4-7,10-12,14H2,1-3H3. The van der Waals surface area contributed by atoms with E-state index in [1.165, 1.54) is 55.5 Å². The minimum absolute atomic E-state index is 0.795. The Bertz CT molecular complexity index is 414. The predicted molar refractivity (Wildman–Crippen MR) is 87.1 cm³/mol. The van der Waals surface area contributed by atoms with E-state index in [1.54, 1.807) is 0 Å². The summed E-state index contributed by atoms with van der Waals surface area (Å²) in [6, 6.07) is 7.53. The molecule has 2 nitrogen and oxygen atoms in total. The Kier molecular flexibility index (Phi) is 6.06. The van der Waals surface area contributed by atoms with Crippen LogP contribution in [0, 0.1) is 13.8 Å². The molecule has 1 aliphatic rings. The van der Waals surface area contributed by atoms with E-state index in [0.29, 0.717) is 0 Å². The third kappa shape index (κ3) is 4.60. The second-order valence-electron chi connectivity index (χ2n) is 6.34. The fourth-order valence-electron chi connectivity index (χ4n) is 3.16. The van der Waals surface area contributed by atoms with E-state index in [2.05, 4.69) is 49.2 Å². The fourth-order valence-corrected chi connectivity index (χ4v) is 3.16. The molecule has 1 aliphatic heterocycles. The van der Waals surface area contributed by atoms with Crippen LogP contribution >= 0.6 is 0 Å². The van der Waals surface area contributed by atoms with E-state index in [1.807, 2.05) is 0 Å². The number of rotatable bonds is 6. The Labute approximate surface area is 124 Å². The summed E-state index contributed by atoms with van der Waals surface area (Å²) < 4.78 is 0. The van der Waals surface area contributed by atoms with Gasteiger partial charge >= 0.3 is 0 Å². The Morgan fingerprint density at radius 2 is 2.10 bits per heavy atom. The largest absolute Gasteiger partial charge is 0.313 e. The third-order valence-corrected chi connectivity index (χ3v) is 4.55. The zero-order valence-corrected chi connectivity index (χ0v) is 13.4. The van der Waals surface area contributed by atoms with Crippen molar-refractivity contribution < 1.29 is 0 Å². The Balaban J connectivity index is 1.64. The van der Waals surface area contributed by atoms with Crippen LogP contribution in [0.25, 0.3) is 0 Å². The minimum Gasteiger partial charge on any atom is -0.313 e. The molecule has 1 saturated heterocycles. The van der Waals surface area contributed by atoms with Gasteiger partial charge in [0.1, 0.15) is 0 Å². The molecule has 0 aliphatic carbocycles. The van der Waals surface area contributed by atoms with Gasteiger partial charge in [0, 0.05) is 12.6 Å². The number of hydrogen-bond donors (Lipinski definition) is 1. The van der Waals surface area contributed by atoms with Crippen molar-refractivity contribution in [1.29, 1.82) is 0 Å². The van der Waals surface area contributed by atoms with Crippen LogP contribution in [0.2, 0.25) is 0 Å². The summed E-state index contributed by atoms with van der Waals surface area (Å²) in [4.78, 5) is 2.66. The van der Waals surface area contributed by atoms with Crippen molar-refractivity contribution in [3.05, 3.63) is 34.9 Å². The summed E-state index contributed by atoms with van der Waals surface area (Å²) in [6.07, 6.45) is 5.45. The molecule has 1 heterocycles. The van der Waals surface area contributed by atoms with Gasteiger partial charge in [-0.3, -0.25) is 0 Å². The van der Waals surface area contributed by atoms with Gasteiger partial charge in [0.15, 0.2) is 0 Å².